The molecule has 0 radical (unpaired) electrons. The fourth-order valence-corrected chi connectivity index (χ4v) is 3.87. The lowest BCUT2D eigenvalue weighted by Gasteiger charge is -2.22. The van der Waals surface area contributed by atoms with Gasteiger partial charge in [-0.15, -0.1) is 11.6 Å². The molecule has 2 aliphatic rings. The lowest BCUT2D eigenvalue weighted by atomic mass is 9.83. The summed E-state index contributed by atoms with van der Waals surface area (Å²) in [4.78, 5) is 0. The first-order valence-corrected chi connectivity index (χ1v) is 8.08. The van der Waals surface area contributed by atoms with E-state index < -0.39 is 0 Å². The minimum atomic E-state index is 0.604. The molecule has 0 saturated heterocycles. The molecule has 2 saturated carbocycles. The van der Waals surface area contributed by atoms with Crippen molar-refractivity contribution in [3.63, 3.8) is 0 Å². The quantitative estimate of drug-likeness (QED) is 0.632. The second kappa shape index (κ2) is 5.65. The van der Waals surface area contributed by atoms with Crippen molar-refractivity contribution in [3.8, 4) is 0 Å². The molecule has 1 aromatic rings. The molecular formula is C17H23Cl. The minimum absolute atomic E-state index is 0.604. The summed E-state index contributed by atoms with van der Waals surface area (Å²) in [6.45, 7) is 0. The first-order chi connectivity index (χ1) is 8.88. The summed E-state index contributed by atoms with van der Waals surface area (Å²) in [6.07, 6.45) is 9.80. The van der Waals surface area contributed by atoms with Gasteiger partial charge in [0.05, 0.1) is 0 Å². The zero-order valence-corrected chi connectivity index (χ0v) is 11.8. The Hall–Kier alpha value is -0.490. The van der Waals surface area contributed by atoms with Gasteiger partial charge in [-0.25, -0.2) is 0 Å². The summed E-state index contributed by atoms with van der Waals surface area (Å²) in [7, 11) is 0. The average molecular weight is 263 g/mol. The fraction of sp³-hybridized carbons (Fsp3) is 0.647. The molecule has 1 heteroatoms. The molecule has 98 valence electrons. The number of benzene rings is 1. The summed E-state index contributed by atoms with van der Waals surface area (Å²) in [5, 5.41) is 0. The number of halogens is 1. The SMILES string of the molecule is ClCC(c1ccc(C2CCCCC2)cc1)C1CC1. The normalized spacial score (nSPS) is 22.9. The van der Waals surface area contributed by atoms with Gasteiger partial charge in [-0.2, -0.15) is 0 Å². The van der Waals surface area contributed by atoms with Gasteiger partial charge < -0.3 is 0 Å². The molecule has 0 spiro atoms. The zero-order chi connectivity index (χ0) is 12.4. The maximum absolute atomic E-state index is 6.13. The third-order valence-corrected chi connectivity index (χ3v) is 5.13. The highest BCUT2D eigenvalue weighted by Crippen LogP contribution is 2.43. The molecule has 1 atom stereocenters. The van der Waals surface area contributed by atoms with Crippen molar-refractivity contribution in [1.82, 2.24) is 0 Å². The van der Waals surface area contributed by atoms with Crippen molar-refractivity contribution in [1.29, 1.82) is 0 Å². The van der Waals surface area contributed by atoms with Crippen molar-refractivity contribution in [3.05, 3.63) is 35.4 Å². The summed E-state index contributed by atoms with van der Waals surface area (Å²) >= 11 is 6.13. The Morgan fingerprint density at radius 3 is 2.17 bits per heavy atom. The molecule has 0 bridgehead atoms. The molecule has 2 aliphatic carbocycles. The Labute approximate surface area is 116 Å². The van der Waals surface area contributed by atoms with Crippen LogP contribution >= 0.6 is 11.6 Å². The molecule has 0 aliphatic heterocycles. The third-order valence-electron chi connectivity index (χ3n) is 4.80. The van der Waals surface area contributed by atoms with Gasteiger partial charge in [0.15, 0.2) is 0 Å². The Kier molecular flexibility index (Phi) is 3.94. The Bertz CT molecular complexity index is 371. The minimum Gasteiger partial charge on any atom is -0.126 e. The maximum atomic E-state index is 6.13. The van der Waals surface area contributed by atoms with Crippen LogP contribution in [0, 0.1) is 5.92 Å². The first kappa shape index (κ1) is 12.5. The zero-order valence-electron chi connectivity index (χ0n) is 11.1. The predicted molar refractivity (Wildman–Crippen MR) is 78.5 cm³/mol. The van der Waals surface area contributed by atoms with Crippen LogP contribution in [0.25, 0.3) is 0 Å². The monoisotopic (exact) mass is 262 g/mol. The van der Waals surface area contributed by atoms with E-state index in [9.17, 15) is 0 Å². The lowest BCUT2D eigenvalue weighted by molar-refractivity contribution is 0.443. The van der Waals surface area contributed by atoms with Crippen molar-refractivity contribution >= 4 is 11.6 Å². The largest absolute Gasteiger partial charge is 0.126 e. The van der Waals surface area contributed by atoms with Crippen LogP contribution in [-0.2, 0) is 0 Å². The highest BCUT2D eigenvalue weighted by atomic mass is 35.5. The van der Waals surface area contributed by atoms with E-state index in [0.29, 0.717) is 5.92 Å². The van der Waals surface area contributed by atoms with E-state index in [-0.39, 0.29) is 0 Å². The van der Waals surface area contributed by atoms with Crippen LogP contribution in [0.4, 0.5) is 0 Å². The second-order valence-corrected chi connectivity index (χ2v) is 6.41. The average Bonchev–Trinajstić information content (AvgIpc) is 3.26. The number of alkyl halides is 1. The molecule has 0 N–H and O–H groups in total. The molecule has 1 aromatic carbocycles. The smallest absolute Gasteiger partial charge is 0.0294 e. The molecular weight excluding hydrogens is 240 g/mol. The van der Waals surface area contributed by atoms with Crippen molar-refractivity contribution in [2.45, 2.75) is 56.8 Å². The Balaban J connectivity index is 1.71. The van der Waals surface area contributed by atoms with Crippen molar-refractivity contribution < 1.29 is 0 Å². The van der Waals surface area contributed by atoms with Crippen LogP contribution in [0.5, 0.6) is 0 Å². The fourth-order valence-electron chi connectivity index (χ4n) is 3.44. The molecule has 0 nitrogen and oxygen atoms in total. The van der Waals surface area contributed by atoms with Crippen molar-refractivity contribution in [2.75, 3.05) is 5.88 Å². The number of hydrogen-bond donors (Lipinski definition) is 0. The molecule has 18 heavy (non-hydrogen) atoms. The van der Waals surface area contributed by atoms with Gasteiger partial charge in [-0.3, -0.25) is 0 Å². The molecule has 0 amide bonds. The number of hydrogen-bond acceptors (Lipinski definition) is 0. The highest BCUT2D eigenvalue weighted by molar-refractivity contribution is 6.18. The first-order valence-electron chi connectivity index (χ1n) is 7.54. The molecule has 0 aromatic heterocycles. The van der Waals surface area contributed by atoms with Gasteiger partial charge in [0.1, 0.15) is 0 Å². The second-order valence-electron chi connectivity index (χ2n) is 6.10. The molecule has 2 fully saturated rings. The topological polar surface area (TPSA) is 0 Å². The van der Waals surface area contributed by atoms with E-state index in [1.165, 1.54) is 50.5 Å². The molecule has 3 rings (SSSR count). The van der Waals surface area contributed by atoms with E-state index in [0.717, 1.165) is 17.7 Å². The van der Waals surface area contributed by atoms with Gasteiger partial charge in [0.25, 0.3) is 0 Å². The van der Waals surface area contributed by atoms with E-state index in [2.05, 4.69) is 24.3 Å². The highest BCUT2D eigenvalue weighted by Gasteiger charge is 2.31. The van der Waals surface area contributed by atoms with Gasteiger partial charge in [0, 0.05) is 11.8 Å². The summed E-state index contributed by atoms with van der Waals surface area (Å²) in [6, 6.07) is 9.42. The third kappa shape index (κ3) is 2.74. The van der Waals surface area contributed by atoms with Gasteiger partial charge in [-0.1, -0.05) is 43.5 Å². The van der Waals surface area contributed by atoms with Crippen LogP contribution in [0.15, 0.2) is 24.3 Å². The Morgan fingerprint density at radius 1 is 0.944 bits per heavy atom. The summed E-state index contributed by atoms with van der Waals surface area (Å²) in [5.41, 5.74) is 3.02. The number of rotatable bonds is 4. The molecule has 1 unspecified atom stereocenters. The van der Waals surface area contributed by atoms with E-state index in [1.54, 1.807) is 5.56 Å². The maximum Gasteiger partial charge on any atom is 0.0294 e. The van der Waals surface area contributed by atoms with E-state index in [4.69, 9.17) is 11.6 Å². The molecule has 0 heterocycles. The van der Waals surface area contributed by atoms with Crippen LogP contribution < -0.4 is 0 Å². The lowest BCUT2D eigenvalue weighted by Crippen LogP contribution is -2.06. The standard InChI is InChI=1S/C17H23Cl/c18-12-17(16-10-11-16)15-8-6-14(7-9-15)13-4-2-1-3-5-13/h6-9,13,16-17H,1-5,10-12H2. The van der Waals surface area contributed by atoms with E-state index >= 15 is 0 Å². The summed E-state index contributed by atoms with van der Waals surface area (Å²) in [5.74, 6) is 3.08. The van der Waals surface area contributed by atoms with Crippen LogP contribution in [0.3, 0.4) is 0 Å². The van der Waals surface area contributed by atoms with Crippen molar-refractivity contribution in [2.24, 2.45) is 5.92 Å². The van der Waals surface area contributed by atoms with E-state index in [1.807, 2.05) is 0 Å². The van der Waals surface area contributed by atoms with Gasteiger partial charge in [0.2, 0.25) is 0 Å². The summed E-state index contributed by atoms with van der Waals surface area (Å²) < 4.78 is 0. The Morgan fingerprint density at radius 2 is 1.61 bits per heavy atom. The van der Waals surface area contributed by atoms with Gasteiger partial charge in [-0.05, 0) is 48.6 Å². The van der Waals surface area contributed by atoms with Crippen LogP contribution in [0.1, 0.15) is 67.9 Å². The van der Waals surface area contributed by atoms with Gasteiger partial charge >= 0.3 is 0 Å². The predicted octanol–water partition coefficient (Wildman–Crippen LogP) is 5.47. The van der Waals surface area contributed by atoms with Crippen LogP contribution in [-0.4, -0.2) is 5.88 Å². The van der Waals surface area contributed by atoms with Crippen LogP contribution in [0.2, 0.25) is 0 Å².